The van der Waals surface area contributed by atoms with Crippen molar-refractivity contribution in [1.82, 2.24) is 4.90 Å². The van der Waals surface area contributed by atoms with E-state index in [2.05, 4.69) is 6.92 Å². The smallest absolute Gasteiger partial charge is 0.223 e. The van der Waals surface area contributed by atoms with Gasteiger partial charge in [-0.3, -0.25) is 4.79 Å². The molecule has 2 aliphatic rings. The normalized spacial score (nSPS) is 24.4. The highest BCUT2D eigenvalue weighted by Gasteiger charge is 2.38. The molecule has 2 fully saturated rings. The molecule has 3 atom stereocenters. The van der Waals surface area contributed by atoms with Gasteiger partial charge in [0.1, 0.15) is 5.75 Å². The van der Waals surface area contributed by atoms with Crippen molar-refractivity contribution in [2.75, 3.05) is 13.7 Å². The lowest BCUT2D eigenvalue weighted by Gasteiger charge is -2.26. The number of likely N-dealkylation sites (tertiary alicyclic amines) is 1. The van der Waals surface area contributed by atoms with Crippen LogP contribution in [0.15, 0.2) is 24.3 Å². The number of ether oxygens (including phenoxy) is 1. The standard InChI is InChI=1S/C18H25NO3/c1-12(14-5-7-16(22-2)8-6-14)19-11-15(10-18(19)21)17(20)9-13-3-4-13/h5-8,12-13,15,17,20H,3-4,9-11H2,1-2H3/t12-,15?,17-/m1/s1. The van der Waals surface area contributed by atoms with Crippen LogP contribution in [-0.4, -0.2) is 35.7 Å². The summed E-state index contributed by atoms with van der Waals surface area (Å²) in [5.74, 6) is 1.76. The highest BCUT2D eigenvalue weighted by atomic mass is 16.5. The Morgan fingerprint density at radius 2 is 2.00 bits per heavy atom. The van der Waals surface area contributed by atoms with Gasteiger partial charge in [0.15, 0.2) is 0 Å². The molecular weight excluding hydrogens is 278 g/mol. The lowest BCUT2D eigenvalue weighted by Crippen LogP contribution is -2.30. The zero-order valence-corrected chi connectivity index (χ0v) is 13.4. The average Bonchev–Trinajstić information content (AvgIpc) is 3.26. The zero-order chi connectivity index (χ0) is 15.7. The molecule has 1 aromatic carbocycles. The molecule has 0 spiro atoms. The fourth-order valence-electron chi connectivity index (χ4n) is 3.34. The molecule has 0 radical (unpaired) electrons. The molecule has 1 saturated heterocycles. The van der Waals surface area contributed by atoms with E-state index in [1.54, 1.807) is 7.11 Å². The molecule has 1 aliphatic carbocycles. The molecule has 0 aromatic heterocycles. The molecule has 120 valence electrons. The molecule has 1 N–H and O–H groups in total. The predicted molar refractivity (Wildman–Crippen MR) is 84.6 cm³/mol. The fraction of sp³-hybridized carbons (Fsp3) is 0.611. The first kappa shape index (κ1) is 15.3. The summed E-state index contributed by atoms with van der Waals surface area (Å²) in [5, 5.41) is 10.3. The number of benzene rings is 1. The van der Waals surface area contributed by atoms with Gasteiger partial charge in [-0.2, -0.15) is 0 Å². The van der Waals surface area contributed by atoms with Crippen molar-refractivity contribution < 1.29 is 14.6 Å². The fourth-order valence-corrected chi connectivity index (χ4v) is 3.34. The molecule has 1 heterocycles. The Balaban J connectivity index is 1.63. The Morgan fingerprint density at radius 3 is 2.59 bits per heavy atom. The van der Waals surface area contributed by atoms with Gasteiger partial charge in [-0.05, 0) is 37.0 Å². The second kappa shape index (κ2) is 6.29. The molecule has 4 heteroatoms. The van der Waals surface area contributed by atoms with Gasteiger partial charge < -0.3 is 14.7 Å². The largest absolute Gasteiger partial charge is 0.497 e. The van der Waals surface area contributed by atoms with E-state index in [1.165, 1.54) is 12.8 Å². The average molecular weight is 303 g/mol. The molecule has 3 rings (SSSR count). The van der Waals surface area contributed by atoms with Crippen molar-refractivity contribution in [3.63, 3.8) is 0 Å². The first-order valence-corrected chi connectivity index (χ1v) is 8.20. The van der Waals surface area contributed by atoms with E-state index in [9.17, 15) is 9.90 Å². The number of aliphatic hydroxyl groups excluding tert-OH is 1. The topological polar surface area (TPSA) is 49.8 Å². The van der Waals surface area contributed by atoms with Crippen LogP contribution >= 0.6 is 0 Å². The van der Waals surface area contributed by atoms with Crippen molar-refractivity contribution in [2.45, 2.75) is 44.8 Å². The Bertz CT molecular complexity index is 524. The molecule has 1 aliphatic heterocycles. The number of hydrogen-bond acceptors (Lipinski definition) is 3. The molecule has 1 amide bonds. The summed E-state index contributed by atoms with van der Waals surface area (Å²) < 4.78 is 5.17. The highest BCUT2D eigenvalue weighted by Crippen LogP contribution is 2.38. The number of methoxy groups -OCH3 is 1. The van der Waals surface area contributed by atoms with E-state index < -0.39 is 0 Å². The Kier molecular flexibility index (Phi) is 4.39. The van der Waals surface area contributed by atoms with Gasteiger partial charge in [-0.25, -0.2) is 0 Å². The number of hydrogen-bond donors (Lipinski definition) is 1. The first-order chi connectivity index (χ1) is 10.6. The first-order valence-electron chi connectivity index (χ1n) is 8.20. The van der Waals surface area contributed by atoms with Gasteiger partial charge in [0.05, 0.1) is 19.3 Å². The lowest BCUT2D eigenvalue weighted by molar-refractivity contribution is -0.129. The summed E-state index contributed by atoms with van der Waals surface area (Å²) >= 11 is 0. The summed E-state index contributed by atoms with van der Waals surface area (Å²) in [4.78, 5) is 14.2. The van der Waals surface area contributed by atoms with Crippen molar-refractivity contribution >= 4 is 5.91 Å². The van der Waals surface area contributed by atoms with Gasteiger partial charge in [0.2, 0.25) is 5.91 Å². The number of rotatable bonds is 6. The third-order valence-electron chi connectivity index (χ3n) is 5.07. The van der Waals surface area contributed by atoms with Crippen LogP contribution in [-0.2, 0) is 4.79 Å². The van der Waals surface area contributed by atoms with Crippen LogP contribution in [0.3, 0.4) is 0 Å². The summed E-state index contributed by atoms with van der Waals surface area (Å²) in [6, 6.07) is 7.89. The van der Waals surface area contributed by atoms with Gasteiger partial charge in [-0.1, -0.05) is 25.0 Å². The van der Waals surface area contributed by atoms with Crippen LogP contribution in [0.5, 0.6) is 5.75 Å². The summed E-state index contributed by atoms with van der Waals surface area (Å²) in [6.45, 7) is 2.72. The van der Waals surface area contributed by atoms with Crippen LogP contribution in [0.25, 0.3) is 0 Å². The third kappa shape index (κ3) is 3.27. The van der Waals surface area contributed by atoms with Crippen molar-refractivity contribution in [2.24, 2.45) is 11.8 Å². The van der Waals surface area contributed by atoms with Gasteiger partial charge >= 0.3 is 0 Å². The predicted octanol–water partition coefficient (Wildman–Crippen LogP) is 2.77. The van der Waals surface area contributed by atoms with Crippen LogP contribution in [0.1, 0.15) is 44.2 Å². The molecular formula is C18H25NO3. The minimum Gasteiger partial charge on any atom is -0.497 e. The van der Waals surface area contributed by atoms with Gasteiger partial charge in [0.25, 0.3) is 0 Å². The quantitative estimate of drug-likeness (QED) is 0.879. The maximum Gasteiger partial charge on any atom is 0.223 e. The lowest BCUT2D eigenvalue weighted by atomic mass is 9.97. The molecule has 1 saturated carbocycles. The van der Waals surface area contributed by atoms with E-state index in [0.29, 0.717) is 18.9 Å². The molecule has 0 bridgehead atoms. The summed E-state index contributed by atoms with van der Waals surface area (Å²) in [7, 11) is 1.65. The van der Waals surface area contributed by atoms with E-state index >= 15 is 0 Å². The maximum atomic E-state index is 12.3. The number of amides is 1. The van der Waals surface area contributed by atoms with Gasteiger partial charge in [-0.15, -0.1) is 0 Å². The van der Waals surface area contributed by atoms with E-state index in [1.807, 2.05) is 29.2 Å². The summed E-state index contributed by atoms with van der Waals surface area (Å²) in [5.41, 5.74) is 1.10. The molecule has 1 aromatic rings. The third-order valence-corrected chi connectivity index (χ3v) is 5.07. The van der Waals surface area contributed by atoms with Crippen molar-refractivity contribution in [1.29, 1.82) is 0 Å². The minimum atomic E-state index is -0.329. The second-order valence-corrected chi connectivity index (χ2v) is 6.71. The number of nitrogens with zero attached hydrogens (tertiary/aromatic N) is 1. The molecule has 22 heavy (non-hydrogen) atoms. The number of carbonyl (C=O) groups is 1. The second-order valence-electron chi connectivity index (χ2n) is 6.71. The minimum absolute atomic E-state index is 0.0385. The van der Waals surface area contributed by atoms with E-state index in [-0.39, 0.29) is 24.0 Å². The Morgan fingerprint density at radius 1 is 1.32 bits per heavy atom. The van der Waals surface area contributed by atoms with Crippen molar-refractivity contribution in [3.8, 4) is 5.75 Å². The number of aliphatic hydroxyl groups is 1. The van der Waals surface area contributed by atoms with E-state index in [4.69, 9.17) is 4.74 Å². The zero-order valence-electron chi connectivity index (χ0n) is 13.4. The maximum absolute atomic E-state index is 12.3. The highest BCUT2D eigenvalue weighted by molar-refractivity contribution is 5.79. The molecule has 4 nitrogen and oxygen atoms in total. The van der Waals surface area contributed by atoms with Crippen LogP contribution in [0, 0.1) is 11.8 Å². The van der Waals surface area contributed by atoms with Crippen molar-refractivity contribution in [3.05, 3.63) is 29.8 Å². The van der Waals surface area contributed by atoms with Crippen LogP contribution in [0.2, 0.25) is 0 Å². The summed E-state index contributed by atoms with van der Waals surface area (Å²) in [6.07, 6.45) is 3.49. The Hall–Kier alpha value is -1.55. The Labute approximate surface area is 132 Å². The van der Waals surface area contributed by atoms with Crippen LogP contribution < -0.4 is 4.74 Å². The SMILES string of the molecule is COc1ccc([C@@H](C)N2CC([C@H](O)CC3CC3)CC2=O)cc1. The number of carbonyl (C=O) groups excluding carboxylic acids is 1. The molecule has 1 unspecified atom stereocenters. The van der Waals surface area contributed by atoms with Gasteiger partial charge in [0, 0.05) is 18.9 Å². The van der Waals surface area contributed by atoms with E-state index in [0.717, 1.165) is 17.7 Å². The monoisotopic (exact) mass is 303 g/mol. The van der Waals surface area contributed by atoms with Crippen LogP contribution in [0.4, 0.5) is 0 Å².